The summed E-state index contributed by atoms with van der Waals surface area (Å²) in [7, 11) is 0. The Balaban J connectivity index is 2.16. The Morgan fingerprint density at radius 1 is 1.36 bits per heavy atom. The molecule has 0 aliphatic heterocycles. The molecule has 1 fully saturated rings. The standard InChI is InChI=1S/C18H26ClNO2/c1-17(2,10-11-21)13-20-16(22)18(8-3-4-9-18)14-6-5-7-15(19)12-14/h5-7,12,21H,3-4,8-11,13H2,1-2H3,(H,20,22). The topological polar surface area (TPSA) is 49.3 Å². The number of amides is 1. The first-order valence-electron chi connectivity index (χ1n) is 8.05. The number of halogens is 1. The van der Waals surface area contributed by atoms with Crippen molar-refractivity contribution in [3.8, 4) is 0 Å². The number of aliphatic hydroxyl groups is 1. The lowest BCUT2D eigenvalue weighted by atomic mass is 9.77. The van der Waals surface area contributed by atoms with E-state index in [9.17, 15) is 4.79 Å². The van der Waals surface area contributed by atoms with Crippen LogP contribution in [0.2, 0.25) is 5.02 Å². The molecule has 1 aromatic rings. The molecule has 2 rings (SSSR count). The summed E-state index contributed by atoms with van der Waals surface area (Å²) in [6.45, 7) is 4.84. The van der Waals surface area contributed by atoms with Gasteiger partial charge in [0.1, 0.15) is 0 Å². The van der Waals surface area contributed by atoms with Crippen molar-refractivity contribution < 1.29 is 9.90 Å². The van der Waals surface area contributed by atoms with Crippen molar-refractivity contribution in [2.24, 2.45) is 5.41 Å². The number of carbonyl (C=O) groups is 1. The predicted octanol–water partition coefficient (Wildman–Crippen LogP) is 3.68. The van der Waals surface area contributed by atoms with Crippen molar-refractivity contribution in [2.75, 3.05) is 13.2 Å². The molecule has 1 aliphatic rings. The van der Waals surface area contributed by atoms with Crippen LogP contribution in [0.4, 0.5) is 0 Å². The highest BCUT2D eigenvalue weighted by molar-refractivity contribution is 6.30. The summed E-state index contributed by atoms with van der Waals surface area (Å²) in [6.07, 6.45) is 4.57. The first-order valence-corrected chi connectivity index (χ1v) is 8.43. The molecule has 0 bridgehead atoms. The Kier molecular flexibility index (Phi) is 5.51. The van der Waals surface area contributed by atoms with Crippen LogP contribution in [-0.2, 0) is 10.2 Å². The lowest BCUT2D eigenvalue weighted by Gasteiger charge is -2.31. The van der Waals surface area contributed by atoms with Crippen LogP contribution in [0.3, 0.4) is 0 Å². The van der Waals surface area contributed by atoms with Gasteiger partial charge in [0.15, 0.2) is 0 Å². The van der Waals surface area contributed by atoms with Gasteiger partial charge in [-0.1, -0.05) is 50.4 Å². The highest BCUT2D eigenvalue weighted by Crippen LogP contribution is 2.42. The van der Waals surface area contributed by atoms with E-state index in [1.54, 1.807) is 0 Å². The molecule has 1 amide bonds. The molecule has 22 heavy (non-hydrogen) atoms. The third-order valence-corrected chi connectivity index (χ3v) is 5.02. The van der Waals surface area contributed by atoms with Crippen molar-refractivity contribution in [3.05, 3.63) is 34.9 Å². The minimum atomic E-state index is -0.444. The molecule has 1 saturated carbocycles. The van der Waals surface area contributed by atoms with Gasteiger partial charge < -0.3 is 10.4 Å². The highest BCUT2D eigenvalue weighted by Gasteiger charge is 2.43. The van der Waals surface area contributed by atoms with Crippen molar-refractivity contribution in [1.29, 1.82) is 0 Å². The molecule has 0 saturated heterocycles. The molecule has 4 heteroatoms. The average molecular weight is 324 g/mol. The van der Waals surface area contributed by atoms with Crippen LogP contribution in [0.25, 0.3) is 0 Å². The quantitative estimate of drug-likeness (QED) is 0.839. The van der Waals surface area contributed by atoms with Gasteiger partial charge in [0.2, 0.25) is 5.91 Å². The third-order valence-electron chi connectivity index (χ3n) is 4.79. The third kappa shape index (κ3) is 3.82. The highest BCUT2D eigenvalue weighted by atomic mass is 35.5. The van der Waals surface area contributed by atoms with Crippen LogP contribution in [-0.4, -0.2) is 24.2 Å². The van der Waals surface area contributed by atoms with Crippen LogP contribution >= 0.6 is 11.6 Å². The zero-order valence-corrected chi connectivity index (χ0v) is 14.2. The SMILES string of the molecule is CC(C)(CCO)CNC(=O)C1(c2cccc(Cl)c2)CCCC1. The molecule has 122 valence electrons. The second-order valence-corrected chi connectivity index (χ2v) is 7.56. The molecular weight excluding hydrogens is 298 g/mol. The van der Waals surface area contributed by atoms with Crippen molar-refractivity contribution in [3.63, 3.8) is 0 Å². The molecule has 0 aromatic heterocycles. The minimum absolute atomic E-state index is 0.0956. The molecular formula is C18H26ClNO2. The Labute approximate surface area is 138 Å². The summed E-state index contributed by atoms with van der Waals surface area (Å²) in [5, 5.41) is 12.9. The molecule has 2 N–H and O–H groups in total. The number of aliphatic hydroxyl groups excluding tert-OH is 1. The molecule has 0 atom stereocenters. The number of hydrogen-bond donors (Lipinski definition) is 2. The van der Waals surface area contributed by atoms with E-state index in [2.05, 4.69) is 19.2 Å². The van der Waals surface area contributed by atoms with Gasteiger partial charge >= 0.3 is 0 Å². The lowest BCUT2D eigenvalue weighted by molar-refractivity contribution is -0.127. The maximum atomic E-state index is 12.9. The lowest BCUT2D eigenvalue weighted by Crippen LogP contribution is -2.45. The summed E-state index contributed by atoms with van der Waals surface area (Å²) < 4.78 is 0. The molecule has 1 aliphatic carbocycles. The fourth-order valence-corrected chi connectivity index (χ4v) is 3.48. The fraction of sp³-hybridized carbons (Fsp3) is 0.611. The van der Waals surface area contributed by atoms with Crippen LogP contribution in [0.5, 0.6) is 0 Å². The number of carbonyl (C=O) groups excluding carboxylic acids is 1. The second kappa shape index (κ2) is 7.01. The molecule has 0 unspecified atom stereocenters. The predicted molar refractivity (Wildman–Crippen MR) is 90.1 cm³/mol. The smallest absolute Gasteiger partial charge is 0.230 e. The van der Waals surface area contributed by atoms with E-state index in [1.165, 1.54) is 0 Å². The van der Waals surface area contributed by atoms with Crippen LogP contribution in [0, 0.1) is 5.41 Å². The van der Waals surface area contributed by atoms with Gasteiger partial charge in [-0.3, -0.25) is 4.79 Å². The number of nitrogens with one attached hydrogen (secondary N) is 1. The van der Waals surface area contributed by atoms with Gasteiger partial charge in [0, 0.05) is 18.2 Å². The second-order valence-electron chi connectivity index (χ2n) is 7.12. The maximum absolute atomic E-state index is 12.9. The van der Waals surface area contributed by atoms with Gasteiger partial charge in [0.05, 0.1) is 5.41 Å². The minimum Gasteiger partial charge on any atom is -0.396 e. The number of hydrogen-bond acceptors (Lipinski definition) is 2. The van der Waals surface area contributed by atoms with E-state index in [1.807, 2.05) is 24.3 Å². The first-order chi connectivity index (χ1) is 10.4. The van der Waals surface area contributed by atoms with Gasteiger partial charge in [-0.15, -0.1) is 0 Å². The van der Waals surface area contributed by atoms with E-state index in [0.717, 1.165) is 31.2 Å². The van der Waals surface area contributed by atoms with Crippen molar-refractivity contribution in [2.45, 2.75) is 51.4 Å². The van der Waals surface area contributed by atoms with Crippen molar-refractivity contribution >= 4 is 17.5 Å². The zero-order valence-electron chi connectivity index (χ0n) is 13.5. The largest absolute Gasteiger partial charge is 0.396 e. The zero-order chi connectivity index (χ0) is 16.2. The van der Waals surface area contributed by atoms with E-state index >= 15 is 0 Å². The molecule has 0 heterocycles. The van der Waals surface area contributed by atoms with E-state index in [4.69, 9.17) is 16.7 Å². The van der Waals surface area contributed by atoms with Crippen LogP contribution < -0.4 is 5.32 Å². The Morgan fingerprint density at radius 2 is 2.05 bits per heavy atom. The first kappa shape index (κ1) is 17.3. The average Bonchev–Trinajstić information content (AvgIpc) is 2.95. The Morgan fingerprint density at radius 3 is 2.64 bits per heavy atom. The Bertz CT molecular complexity index is 522. The van der Waals surface area contributed by atoms with Gasteiger partial charge in [-0.05, 0) is 42.4 Å². The molecule has 0 radical (unpaired) electrons. The fourth-order valence-electron chi connectivity index (χ4n) is 3.29. The van der Waals surface area contributed by atoms with E-state index in [-0.39, 0.29) is 17.9 Å². The summed E-state index contributed by atoms with van der Waals surface area (Å²) in [6, 6.07) is 7.69. The van der Waals surface area contributed by atoms with Crippen molar-refractivity contribution in [1.82, 2.24) is 5.32 Å². The summed E-state index contributed by atoms with van der Waals surface area (Å²) >= 11 is 6.12. The van der Waals surface area contributed by atoms with Gasteiger partial charge in [-0.25, -0.2) is 0 Å². The number of benzene rings is 1. The molecule has 3 nitrogen and oxygen atoms in total. The van der Waals surface area contributed by atoms with Crippen LogP contribution in [0.1, 0.15) is 51.5 Å². The Hall–Kier alpha value is -1.06. The van der Waals surface area contributed by atoms with Gasteiger partial charge in [0.25, 0.3) is 0 Å². The van der Waals surface area contributed by atoms with Crippen LogP contribution in [0.15, 0.2) is 24.3 Å². The maximum Gasteiger partial charge on any atom is 0.230 e. The summed E-state index contributed by atoms with van der Waals surface area (Å²) in [4.78, 5) is 12.9. The summed E-state index contributed by atoms with van der Waals surface area (Å²) in [5.41, 5.74) is 0.480. The molecule has 0 spiro atoms. The normalized spacial score (nSPS) is 17.5. The van der Waals surface area contributed by atoms with E-state index < -0.39 is 5.41 Å². The monoisotopic (exact) mass is 323 g/mol. The van der Waals surface area contributed by atoms with Gasteiger partial charge in [-0.2, -0.15) is 0 Å². The summed E-state index contributed by atoms with van der Waals surface area (Å²) in [5.74, 6) is 0.0956. The molecule has 1 aromatic carbocycles. The van der Waals surface area contributed by atoms with E-state index in [0.29, 0.717) is 18.0 Å². The number of rotatable bonds is 6.